The van der Waals surface area contributed by atoms with Crippen molar-refractivity contribution < 1.29 is 4.79 Å². The Balaban J connectivity index is 1.60. The van der Waals surface area contributed by atoms with Crippen molar-refractivity contribution >= 4 is 5.91 Å². The summed E-state index contributed by atoms with van der Waals surface area (Å²) < 4.78 is 2.18. The standard InChI is InChI=1S/C18H20N4O2/c23-17-10-15(22-9-3-6-16(22)20-17)14-5-2-8-21(12-14)18(24)13-4-1-7-19-11-13/h1,4,7,10-11,14H,2-3,5-6,8-9,12H2. The summed E-state index contributed by atoms with van der Waals surface area (Å²) in [6.45, 7) is 2.33. The predicted octanol–water partition coefficient (Wildman–Crippen LogP) is 1.60. The van der Waals surface area contributed by atoms with E-state index in [4.69, 9.17) is 0 Å². The van der Waals surface area contributed by atoms with Crippen molar-refractivity contribution in [3.63, 3.8) is 0 Å². The number of fused-ring (bicyclic) bond motifs is 1. The van der Waals surface area contributed by atoms with Gasteiger partial charge in [-0.15, -0.1) is 0 Å². The van der Waals surface area contributed by atoms with Crippen molar-refractivity contribution in [3.05, 3.63) is 58.0 Å². The zero-order valence-corrected chi connectivity index (χ0v) is 13.5. The predicted molar refractivity (Wildman–Crippen MR) is 88.9 cm³/mol. The summed E-state index contributed by atoms with van der Waals surface area (Å²) in [6.07, 6.45) is 7.13. The molecule has 6 nitrogen and oxygen atoms in total. The van der Waals surface area contributed by atoms with Crippen molar-refractivity contribution in [2.24, 2.45) is 0 Å². The van der Waals surface area contributed by atoms with Crippen LogP contribution in [-0.4, -0.2) is 38.4 Å². The molecule has 1 atom stereocenters. The lowest BCUT2D eigenvalue weighted by Crippen LogP contribution is -2.40. The topological polar surface area (TPSA) is 68.1 Å². The molecule has 0 aromatic carbocycles. The molecule has 2 aromatic rings. The van der Waals surface area contributed by atoms with Gasteiger partial charge >= 0.3 is 0 Å². The lowest BCUT2D eigenvalue weighted by Gasteiger charge is -2.34. The molecule has 1 fully saturated rings. The van der Waals surface area contributed by atoms with Crippen molar-refractivity contribution in [3.8, 4) is 0 Å². The third-order valence-corrected chi connectivity index (χ3v) is 4.95. The minimum Gasteiger partial charge on any atom is -0.338 e. The van der Waals surface area contributed by atoms with Crippen molar-refractivity contribution in [1.82, 2.24) is 19.4 Å². The van der Waals surface area contributed by atoms with Crippen LogP contribution in [0.2, 0.25) is 0 Å². The summed E-state index contributed by atoms with van der Waals surface area (Å²) in [6, 6.07) is 5.25. The largest absolute Gasteiger partial charge is 0.338 e. The van der Waals surface area contributed by atoms with Crippen molar-refractivity contribution in [2.45, 2.75) is 38.1 Å². The second-order valence-corrected chi connectivity index (χ2v) is 6.52. The highest BCUT2D eigenvalue weighted by atomic mass is 16.2. The average Bonchev–Trinajstić information content (AvgIpc) is 3.09. The first-order valence-electron chi connectivity index (χ1n) is 8.52. The van der Waals surface area contributed by atoms with E-state index in [1.165, 1.54) is 0 Å². The van der Waals surface area contributed by atoms with E-state index in [-0.39, 0.29) is 17.4 Å². The van der Waals surface area contributed by atoms with E-state index in [9.17, 15) is 9.59 Å². The molecule has 124 valence electrons. The molecular weight excluding hydrogens is 304 g/mol. The number of rotatable bonds is 2. The molecule has 6 heteroatoms. The number of pyridine rings is 1. The number of carbonyl (C=O) groups is 1. The molecule has 2 aromatic heterocycles. The van der Waals surface area contributed by atoms with Crippen LogP contribution >= 0.6 is 0 Å². The van der Waals surface area contributed by atoms with Gasteiger partial charge in [-0.3, -0.25) is 14.6 Å². The Morgan fingerprint density at radius 2 is 2.17 bits per heavy atom. The molecule has 1 unspecified atom stereocenters. The number of hydrogen-bond acceptors (Lipinski definition) is 4. The van der Waals surface area contributed by atoms with E-state index >= 15 is 0 Å². The number of hydrogen-bond donors (Lipinski definition) is 0. The van der Waals surface area contributed by atoms with Gasteiger partial charge in [0.1, 0.15) is 5.82 Å². The van der Waals surface area contributed by atoms with Crippen LogP contribution in [0.25, 0.3) is 0 Å². The average molecular weight is 324 g/mol. The maximum absolute atomic E-state index is 12.7. The summed E-state index contributed by atoms with van der Waals surface area (Å²) in [4.78, 5) is 34.7. The molecule has 0 aliphatic carbocycles. The summed E-state index contributed by atoms with van der Waals surface area (Å²) >= 11 is 0. The number of aromatic nitrogens is 3. The lowest BCUT2D eigenvalue weighted by atomic mass is 9.93. The molecule has 24 heavy (non-hydrogen) atoms. The Kier molecular flexibility index (Phi) is 3.88. The number of amides is 1. The molecular formula is C18H20N4O2. The second kappa shape index (κ2) is 6.19. The molecule has 1 saturated heterocycles. The van der Waals surface area contributed by atoms with Crippen LogP contribution in [0.3, 0.4) is 0 Å². The van der Waals surface area contributed by atoms with Crippen LogP contribution < -0.4 is 5.56 Å². The minimum atomic E-state index is -0.158. The molecule has 0 saturated carbocycles. The Morgan fingerprint density at radius 1 is 1.25 bits per heavy atom. The number of likely N-dealkylation sites (tertiary alicyclic amines) is 1. The quantitative estimate of drug-likeness (QED) is 0.841. The fraction of sp³-hybridized carbons (Fsp3) is 0.444. The number of nitrogens with zero attached hydrogens (tertiary/aromatic N) is 4. The van der Waals surface area contributed by atoms with Gasteiger partial charge in [-0.05, 0) is 31.4 Å². The molecule has 0 N–H and O–H groups in total. The van der Waals surface area contributed by atoms with Gasteiger partial charge in [0.2, 0.25) is 0 Å². The molecule has 2 aliphatic heterocycles. The maximum atomic E-state index is 12.7. The van der Waals surface area contributed by atoms with Crippen LogP contribution in [0.15, 0.2) is 35.4 Å². The summed E-state index contributed by atoms with van der Waals surface area (Å²) in [7, 11) is 0. The molecule has 4 heterocycles. The molecule has 0 bridgehead atoms. The monoisotopic (exact) mass is 324 g/mol. The summed E-state index contributed by atoms with van der Waals surface area (Å²) in [5.41, 5.74) is 1.51. The molecule has 4 rings (SSSR count). The third kappa shape index (κ3) is 2.72. The Hall–Kier alpha value is -2.50. The van der Waals surface area contributed by atoms with E-state index in [1.54, 1.807) is 30.6 Å². The van der Waals surface area contributed by atoms with Crippen LogP contribution in [0, 0.1) is 0 Å². The molecule has 0 radical (unpaired) electrons. The molecule has 1 amide bonds. The van der Waals surface area contributed by atoms with Crippen LogP contribution in [0.5, 0.6) is 0 Å². The smallest absolute Gasteiger partial charge is 0.273 e. The van der Waals surface area contributed by atoms with Crippen molar-refractivity contribution in [2.75, 3.05) is 13.1 Å². The highest BCUT2D eigenvalue weighted by molar-refractivity contribution is 5.94. The van der Waals surface area contributed by atoms with Crippen LogP contribution in [-0.2, 0) is 13.0 Å². The van der Waals surface area contributed by atoms with E-state index in [1.807, 2.05) is 4.90 Å². The lowest BCUT2D eigenvalue weighted by molar-refractivity contribution is 0.0704. The maximum Gasteiger partial charge on any atom is 0.273 e. The second-order valence-electron chi connectivity index (χ2n) is 6.52. The molecule has 0 spiro atoms. The fourth-order valence-corrected chi connectivity index (χ4v) is 3.83. The zero-order valence-electron chi connectivity index (χ0n) is 13.5. The number of carbonyl (C=O) groups excluding carboxylic acids is 1. The van der Waals surface area contributed by atoms with Gasteiger partial charge in [0, 0.05) is 56.1 Å². The Labute approximate surface area is 140 Å². The van der Waals surface area contributed by atoms with Crippen molar-refractivity contribution in [1.29, 1.82) is 0 Å². The van der Waals surface area contributed by atoms with E-state index in [0.717, 1.165) is 50.3 Å². The van der Waals surface area contributed by atoms with Gasteiger partial charge in [0.15, 0.2) is 0 Å². The van der Waals surface area contributed by atoms with E-state index < -0.39 is 0 Å². The van der Waals surface area contributed by atoms with Crippen LogP contribution in [0.4, 0.5) is 0 Å². The first-order valence-corrected chi connectivity index (χ1v) is 8.52. The van der Waals surface area contributed by atoms with Gasteiger partial charge in [-0.2, -0.15) is 4.98 Å². The summed E-state index contributed by atoms with van der Waals surface area (Å²) in [5.74, 6) is 1.12. The first-order chi connectivity index (χ1) is 11.7. The van der Waals surface area contributed by atoms with Gasteiger partial charge < -0.3 is 9.47 Å². The van der Waals surface area contributed by atoms with Gasteiger partial charge in [0.05, 0.1) is 5.56 Å². The normalized spacial score (nSPS) is 20.0. The highest BCUT2D eigenvalue weighted by Crippen LogP contribution is 2.29. The minimum absolute atomic E-state index is 0.0193. The van der Waals surface area contributed by atoms with Gasteiger partial charge in [0.25, 0.3) is 11.5 Å². The van der Waals surface area contributed by atoms with Crippen LogP contribution in [0.1, 0.15) is 47.1 Å². The Morgan fingerprint density at radius 3 is 3.00 bits per heavy atom. The van der Waals surface area contributed by atoms with E-state index in [2.05, 4.69) is 14.5 Å². The SMILES string of the molecule is O=C(c1cccnc1)N1CCCC(c2cc(=O)nc3n2CCC3)C1. The zero-order chi connectivity index (χ0) is 16.5. The number of piperidine rings is 1. The van der Waals surface area contributed by atoms with Gasteiger partial charge in [-0.1, -0.05) is 0 Å². The summed E-state index contributed by atoms with van der Waals surface area (Å²) in [5, 5.41) is 0. The number of aryl methyl sites for hydroxylation is 1. The fourth-order valence-electron chi connectivity index (χ4n) is 3.83. The highest BCUT2D eigenvalue weighted by Gasteiger charge is 2.29. The first kappa shape index (κ1) is 15.1. The van der Waals surface area contributed by atoms with E-state index in [0.29, 0.717) is 12.1 Å². The molecule has 2 aliphatic rings. The van der Waals surface area contributed by atoms with Gasteiger partial charge in [-0.25, -0.2) is 0 Å². The third-order valence-electron chi connectivity index (χ3n) is 4.95. The Bertz CT molecular complexity index is 816.